The average Bonchev–Trinajstić information content (AvgIpc) is 3.19. The van der Waals surface area contributed by atoms with Gasteiger partial charge < -0.3 is 19.3 Å². The van der Waals surface area contributed by atoms with Crippen molar-refractivity contribution < 1.29 is 18.7 Å². The van der Waals surface area contributed by atoms with Crippen LogP contribution >= 0.6 is 24.0 Å². The SMILES string of the molecule is Cl.O=C(O)c1ccc(Cl)c(-c2ccc(CNCc3ccco3)o2)c1. The molecule has 1 aromatic carbocycles. The first-order valence-electron chi connectivity index (χ1n) is 6.98. The molecular formula is C17H15Cl2NO4. The summed E-state index contributed by atoms with van der Waals surface area (Å²) in [6.07, 6.45) is 1.62. The lowest BCUT2D eigenvalue weighted by molar-refractivity contribution is 0.0697. The predicted octanol–water partition coefficient (Wildman–Crippen LogP) is 4.60. The van der Waals surface area contributed by atoms with Gasteiger partial charge in [0.2, 0.25) is 0 Å². The maximum absolute atomic E-state index is 11.1. The number of furan rings is 2. The normalized spacial score (nSPS) is 10.4. The van der Waals surface area contributed by atoms with Crippen molar-refractivity contribution in [1.29, 1.82) is 0 Å². The Balaban J connectivity index is 0.00000208. The average molecular weight is 368 g/mol. The van der Waals surface area contributed by atoms with Crippen molar-refractivity contribution in [1.82, 2.24) is 5.32 Å². The van der Waals surface area contributed by atoms with Crippen LogP contribution in [0.5, 0.6) is 0 Å². The molecule has 0 saturated heterocycles. The van der Waals surface area contributed by atoms with Gasteiger partial charge in [0.25, 0.3) is 0 Å². The lowest BCUT2D eigenvalue weighted by Gasteiger charge is -2.03. The van der Waals surface area contributed by atoms with Gasteiger partial charge in [-0.05, 0) is 42.5 Å². The van der Waals surface area contributed by atoms with E-state index in [9.17, 15) is 4.79 Å². The summed E-state index contributed by atoms with van der Waals surface area (Å²) in [5, 5.41) is 12.7. The minimum Gasteiger partial charge on any atom is -0.478 e. The second kappa shape index (κ2) is 8.06. The van der Waals surface area contributed by atoms with Gasteiger partial charge in [-0.3, -0.25) is 0 Å². The first-order valence-corrected chi connectivity index (χ1v) is 7.36. The van der Waals surface area contributed by atoms with Crippen LogP contribution in [0.3, 0.4) is 0 Å². The minimum atomic E-state index is -1.00. The summed E-state index contributed by atoms with van der Waals surface area (Å²) in [6.45, 7) is 1.12. The Morgan fingerprint density at radius 3 is 2.62 bits per heavy atom. The Hall–Kier alpha value is -2.21. The quantitative estimate of drug-likeness (QED) is 0.665. The van der Waals surface area contributed by atoms with Crippen LogP contribution < -0.4 is 5.32 Å². The van der Waals surface area contributed by atoms with E-state index in [1.807, 2.05) is 18.2 Å². The van der Waals surface area contributed by atoms with Crippen molar-refractivity contribution in [2.45, 2.75) is 13.1 Å². The van der Waals surface area contributed by atoms with Crippen LogP contribution in [0.2, 0.25) is 5.02 Å². The summed E-state index contributed by atoms with van der Waals surface area (Å²) in [6, 6.07) is 11.8. The van der Waals surface area contributed by atoms with Gasteiger partial charge in [-0.25, -0.2) is 4.79 Å². The number of carboxylic acids is 1. The highest BCUT2D eigenvalue weighted by Gasteiger charge is 2.12. The maximum atomic E-state index is 11.1. The number of hydrogen-bond acceptors (Lipinski definition) is 4. The standard InChI is InChI=1S/C17H14ClNO4.ClH/c18-15-5-3-11(17(20)21)8-14(15)16-6-4-13(23-16)10-19-9-12-2-1-7-22-12;/h1-8,19H,9-10H2,(H,20,21);1H. The van der Waals surface area contributed by atoms with Gasteiger partial charge >= 0.3 is 5.97 Å². The van der Waals surface area contributed by atoms with Crippen molar-refractivity contribution in [2.24, 2.45) is 0 Å². The molecular weight excluding hydrogens is 353 g/mol. The van der Waals surface area contributed by atoms with E-state index in [-0.39, 0.29) is 18.0 Å². The van der Waals surface area contributed by atoms with E-state index in [0.29, 0.717) is 29.4 Å². The monoisotopic (exact) mass is 367 g/mol. The smallest absolute Gasteiger partial charge is 0.335 e. The fourth-order valence-corrected chi connectivity index (χ4v) is 2.40. The summed E-state index contributed by atoms with van der Waals surface area (Å²) in [5.74, 6) is 1.10. The van der Waals surface area contributed by atoms with Crippen molar-refractivity contribution in [2.75, 3.05) is 0 Å². The molecule has 2 heterocycles. The molecule has 0 unspecified atom stereocenters. The third-order valence-corrected chi connectivity index (χ3v) is 3.65. The van der Waals surface area contributed by atoms with Crippen molar-refractivity contribution in [3.63, 3.8) is 0 Å². The number of nitrogens with one attached hydrogen (secondary N) is 1. The van der Waals surface area contributed by atoms with Crippen LogP contribution in [0.4, 0.5) is 0 Å². The van der Waals surface area contributed by atoms with E-state index < -0.39 is 5.97 Å². The zero-order valence-electron chi connectivity index (χ0n) is 12.5. The van der Waals surface area contributed by atoms with Gasteiger partial charge in [-0.2, -0.15) is 0 Å². The number of carbonyl (C=O) groups is 1. The molecule has 0 aliphatic carbocycles. The van der Waals surface area contributed by atoms with Crippen LogP contribution in [0, 0.1) is 0 Å². The fourth-order valence-electron chi connectivity index (χ4n) is 2.19. The highest BCUT2D eigenvalue weighted by molar-refractivity contribution is 6.33. The number of carboxylic acid groups (broad SMARTS) is 1. The van der Waals surface area contributed by atoms with Gasteiger partial charge in [0.15, 0.2) is 0 Å². The molecule has 0 saturated carbocycles. The maximum Gasteiger partial charge on any atom is 0.335 e. The van der Waals surface area contributed by atoms with E-state index in [1.54, 1.807) is 18.4 Å². The first-order chi connectivity index (χ1) is 11.1. The number of aromatic carboxylic acids is 1. The van der Waals surface area contributed by atoms with Crippen molar-refractivity contribution in [3.8, 4) is 11.3 Å². The third kappa shape index (κ3) is 4.20. The van der Waals surface area contributed by atoms with Gasteiger partial charge in [-0.1, -0.05) is 11.6 Å². The van der Waals surface area contributed by atoms with Crippen molar-refractivity contribution >= 4 is 30.0 Å². The molecule has 24 heavy (non-hydrogen) atoms. The molecule has 0 amide bonds. The second-order valence-electron chi connectivity index (χ2n) is 4.95. The molecule has 0 fully saturated rings. The topological polar surface area (TPSA) is 75.6 Å². The zero-order valence-corrected chi connectivity index (χ0v) is 14.1. The molecule has 0 radical (unpaired) electrons. The Bertz CT molecular complexity index is 812. The van der Waals surface area contributed by atoms with E-state index in [4.69, 9.17) is 25.5 Å². The number of halogens is 2. The Morgan fingerprint density at radius 1 is 1.12 bits per heavy atom. The zero-order chi connectivity index (χ0) is 16.2. The fraction of sp³-hybridized carbons (Fsp3) is 0.118. The molecule has 3 rings (SSSR count). The molecule has 0 bridgehead atoms. The molecule has 0 atom stereocenters. The molecule has 2 aromatic heterocycles. The van der Waals surface area contributed by atoms with E-state index in [0.717, 1.165) is 11.5 Å². The highest BCUT2D eigenvalue weighted by Crippen LogP contribution is 2.30. The van der Waals surface area contributed by atoms with E-state index in [2.05, 4.69) is 5.32 Å². The number of benzene rings is 1. The summed E-state index contributed by atoms with van der Waals surface area (Å²) in [5.41, 5.74) is 0.724. The lowest BCUT2D eigenvalue weighted by Crippen LogP contribution is -2.11. The Labute approximate surface area is 149 Å². The largest absolute Gasteiger partial charge is 0.478 e. The molecule has 0 aliphatic heterocycles. The summed E-state index contributed by atoms with van der Waals surface area (Å²) >= 11 is 6.14. The van der Waals surface area contributed by atoms with Gasteiger partial charge in [0.1, 0.15) is 17.3 Å². The number of hydrogen-bond donors (Lipinski definition) is 2. The molecule has 7 heteroatoms. The predicted molar refractivity (Wildman–Crippen MR) is 92.6 cm³/mol. The molecule has 5 nitrogen and oxygen atoms in total. The van der Waals surface area contributed by atoms with Gasteiger partial charge in [0, 0.05) is 5.56 Å². The van der Waals surface area contributed by atoms with Crippen molar-refractivity contribution in [3.05, 3.63) is 70.8 Å². The lowest BCUT2D eigenvalue weighted by atomic mass is 10.1. The van der Waals surface area contributed by atoms with Crippen LogP contribution in [-0.2, 0) is 13.1 Å². The molecule has 2 N–H and O–H groups in total. The van der Waals surface area contributed by atoms with E-state index >= 15 is 0 Å². The van der Waals surface area contributed by atoms with Crippen LogP contribution in [0.25, 0.3) is 11.3 Å². The molecule has 0 spiro atoms. The highest BCUT2D eigenvalue weighted by atomic mass is 35.5. The van der Waals surface area contributed by atoms with Gasteiger partial charge in [-0.15, -0.1) is 12.4 Å². The molecule has 3 aromatic rings. The van der Waals surface area contributed by atoms with E-state index in [1.165, 1.54) is 12.1 Å². The minimum absolute atomic E-state index is 0. The Kier molecular flexibility index (Phi) is 6.09. The number of rotatable bonds is 6. The molecule has 126 valence electrons. The summed E-state index contributed by atoms with van der Waals surface area (Å²) < 4.78 is 11.0. The summed E-state index contributed by atoms with van der Waals surface area (Å²) in [7, 11) is 0. The summed E-state index contributed by atoms with van der Waals surface area (Å²) in [4.78, 5) is 11.1. The second-order valence-corrected chi connectivity index (χ2v) is 5.36. The van der Waals surface area contributed by atoms with Crippen LogP contribution in [0.1, 0.15) is 21.9 Å². The third-order valence-electron chi connectivity index (χ3n) is 3.32. The van der Waals surface area contributed by atoms with Crippen LogP contribution in [-0.4, -0.2) is 11.1 Å². The van der Waals surface area contributed by atoms with Gasteiger partial charge in [0.05, 0.1) is 29.9 Å². The molecule has 0 aliphatic rings. The van der Waals surface area contributed by atoms with Crippen LogP contribution in [0.15, 0.2) is 57.6 Å². The Morgan fingerprint density at radius 2 is 1.92 bits per heavy atom. The first kappa shape index (κ1) is 18.1.